The Bertz CT molecular complexity index is 1340. The molecule has 4 aromatic rings. The van der Waals surface area contributed by atoms with E-state index in [1.54, 1.807) is 18.3 Å². The van der Waals surface area contributed by atoms with E-state index in [0.29, 0.717) is 10.8 Å². The molecule has 166 valence electrons. The molecule has 0 radical (unpaired) electrons. The van der Waals surface area contributed by atoms with Crippen molar-refractivity contribution in [2.24, 2.45) is 0 Å². The summed E-state index contributed by atoms with van der Waals surface area (Å²) in [5, 5.41) is 3.89. The second-order valence-electron chi connectivity index (χ2n) is 8.06. The first kappa shape index (κ1) is 21.8. The Morgan fingerprint density at radius 1 is 0.970 bits per heavy atom. The molecule has 1 aliphatic rings. The number of halogens is 2. The van der Waals surface area contributed by atoms with E-state index in [1.807, 2.05) is 47.4 Å². The van der Waals surface area contributed by atoms with Crippen LogP contribution in [-0.2, 0) is 0 Å². The van der Waals surface area contributed by atoms with Gasteiger partial charge in [0.15, 0.2) is 5.11 Å². The number of aryl methyl sites for hydroxylation is 1. The fourth-order valence-corrected chi connectivity index (χ4v) is 5.47. The smallest absolute Gasteiger partial charge is 0.174 e. The Balaban J connectivity index is 1.71. The molecule has 0 amide bonds. The van der Waals surface area contributed by atoms with Crippen molar-refractivity contribution in [3.63, 3.8) is 0 Å². The van der Waals surface area contributed by atoms with Crippen molar-refractivity contribution in [2.45, 2.75) is 25.9 Å². The number of nitrogens with one attached hydrogen (secondary N) is 1. The molecule has 0 unspecified atom stereocenters. The zero-order valence-corrected chi connectivity index (χ0v) is 20.6. The minimum atomic E-state index is -0.312. The molecule has 33 heavy (non-hydrogen) atoms. The van der Waals surface area contributed by atoms with E-state index in [9.17, 15) is 4.39 Å². The average Bonchev–Trinajstić information content (AvgIpc) is 3.30. The van der Waals surface area contributed by atoms with Crippen LogP contribution in [0.5, 0.6) is 0 Å². The zero-order valence-electron chi connectivity index (χ0n) is 18.2. The van der Waals surface area contributed by atoms with E-state index in [2.05, 4.69) is 56.8 Å². The first-order valence-corrected chi connectivity index (χ1v) is 11.9. The van der Waals surface area contributed by atoms with Crippen molar-refractivity contribution < 1.29 is 4.39 Å². The lowest BCUT2D eigenvalue weighted by molar-refractivity contribution is 0.556. The minimum Gasteiger partial charge on any atom is -0.351 e. The van der Waals surface area contributed by atoms with Crippen molar-refractivity contribution in [1.82, 2.24) is 14.9 Å². The van der Waals surface area contributed by atoms with E-state index >= 15 is 0 Å². The standard InChI is InChI=1S/C26H22BrFN4S/c1-16-15-18(17(2)31(16)22-12-5-3-9-19(22)27)25-24(21-11-7-8-14-29-21)30-26(33)32(25)23-13-6-4-10-20(23)28/h3-15,24-25H,1-2H3,(H,30,33)/t24-,25-/m0/s1. The van der Waals surface area contributed by atoms with Crippen molar-refractivity contribution in [1.29, 1.82) is 0 Å². The first-order chi connectivity index (χ1) is 16.0. The summed E-state index contributed by atoms with van der Waals surface area (Å²) in [4.78, 5) is 6.48. The van der Waals surface area contributed by atoms with Crippen LogP contribution < -0.4 is 10.2 Å². The van der Waals surface area contributed by atoms with E-state index in [0.717, 1.165) is 32.8 Å². The van der Waals surface area contributed by atoms with Crippen LogP contribution in [0.4, 0.5) is 10.1 Å². The highest BCUT2D eigenvalue weighted by Crippen LogP contribution is 2.44. The highest BCUT2D eigenvalue weighted by molar-refractivity contribution is 9.10. The molecule has 2 aromatic carbocycles. The van der Waals surface area contributed by atoms with E-state index in [1.165, 1.54) is 6.07 Å². The van der Waals surface area contributed by atoms with Crippen molar-refractivity contribution in [3.05, 3.63) is 112 Å². The van der Waals surface area contributed by atoms with Crippen LogP contribution in [0.25, 0.3) is 5.69 Å². The van der Waals surface area contributed by atoms with Crippen molar-refractivity contribution in [3.8, 4) is 5.69 Å². The Labute approximate surface area is 206 Å². The van der Waals surface area contributed by atoms with Gasteiger partial charge in [0, 0.05) is 22.1 Å². The molecule has 1 fully saturated rings. The Hall–Kier alpha value is -3.03. The van der Waals surface area contributed by atoms with Crippen LogP contribution in [0.2, 0.25) is 0 Å². The predicted molar refractivity (Wildman–Crippen MR) is 137 cm³/mol. The second kappa shape index (κ2) is 8.72. The fraction of sp³-hybridized carbons (Fsp3) is 0.154. The third-order valence-electron chi connectivity index (χ3n) is 6.09. The second-order valence-corrected chi connectivity index (χ2v) is 9.30. The topological polar surface area (TPSA) is 33.1 Å². The molecule has 1 aliphatic heterocycles. The van der Waals surface area contributed by atoms with Crippen molar-refractivity contribution in [2.75, 3.05) is 4.90 Å². The van der Waals surface area contributed by atoms with Crippen LogP contribution in [0.15, 0.2) is 83.5 Å². The number of anilines is 1. The number of pyridine rings is 1. The van der Waals surface area contributed by atoms with Gasteiger partial charge in [0.2, 0.25) is 0 Å². The van der Waals surface area contributed by atoms with Gasteiger partial charge in [-0.05, 0) is 90.0 Å². The molecule has 1 saturated heterocycles. The van der Waals surface area contributed by atoms with Gasteiger partial charge in [-0.2, -0.15) is 0 Å². The van der Waals surface area contributed by atoms with Gasteiger partial charge in [0.1, 0.15) is 5.82 Å². The van der Waals surface area contributed by atoms with E-state index in [-0.39, 0.29) is 17.9 Å². The highest BCUT2D eigenvalue weighted by Gasteiger charge is 2.43. The molecule has 3 heterocycles. The average molecular weight is 521 g/mol. The maximum absolute atomic E-state index is 15.0. The summed E-state index contributed by atoms with van der Waals surface area (Å²) in [6.07, 6.45) is 1.77. The Morgan fingerprint density at radius 3 is 2.36 bits per heavy atom. The molecule has 0 bridgehead atoms. The predicted octanol–water partition coefficient (Wildman–Crippen LogP) is 6.57. The first-order valence-electron chi connectivity index (χ1n) is 10.7. The molecule has 1 N–H and O–H groups in total. The number of hydrogen-bond acceptors (Lipinski definition) is 2. The van der Waals surface area contributed by atoms with Gasteiger partial charge >= 0.3 is 0 Å². The molecule has 7 heteroatoms. The number of nitrogens with zero attached hydrogens (tertiary/aromatic N) is 3. The minimum absolute atomic E-state index is 0.230. The number of aromatic nitrogens is 2. The van der Waals surface area contributed by atoms with Gasteiger partial charge in [0.25, 0.3) is 0 Å². The number of para-hydroxylation sites is 2. The largest absolute Gasteiger partial charge is 0.351 e. The molecule has 2 atom stereocenters. The summed E-state index contributed by atoms with van der Waals surface area (Å²) < 4.78 is 18.2. The Morgan fingerprint density at radius 2 is 1.67 bits per heavy atom. The zero-order chi connectivity index (χ0) is 23.1. The van der Waals surface area contributed by atoms with Crippen LogP contribution in [0, 0.1) is 19.7 Å². The number of benzene rings is 2. The maximum Gasteiger partial charge on any atom is 0.174 e. The fourth-order valence-electron chi connectivity index (χ4n) is 4.67. The summed E-state index contributed by atoms with van der Waals surface area (Å²) in [5.74, 6) is -0.312. The Kier molecular flexibility index (Phi) is 5.76. The molecule has 0 saturated carbocycles. The SMILES string of the molecule is Cc1cc([C@H]2[C@H](c3ccccn3)NC(=S)N2c2ccccc2F)c(C)n1-c1ccccc1Br. The van der Waals surface area contributed by atoms with Crippen molar-refractivity contribution >= 4 is 38.9 Å². The molecule has 5 rings (SSSR count). The lowest BCUT2D eigenvalue weighted by Crippen LogP contribution is -2.30. The molecule has 0 aliphatic carbocycles. The molecule has 0 spiro atoms. The lowest BCUT2D eigenvalue weighted by Gasteiger charge is -2.28. The quantitative estimate of drug-likeness (QED) is 0.308. The number of thiocarbonyl (C=S) groups is 1. The monoisotopic (exact) mass is 520 g/mol. The summed E-state index contributed by atoms with van der Waals surface area (Å²) in [6.45, 7) is 4.18. The van der Waals surface area contributed by atoms with E-state index in [4.69, 9.17) is 12.2 Å². The third kappa shape index (κ3) is 3.75. The number of rotatable bonds is 4. The maximum atomic E-state index is 15.0. The van der Waals surface area contributed by atoms with Crippen LogP contribution in [0.3, 0.4) is 0 Å². The normalized spacial score (nSPS) is 17.9. The van der Waals surface area contributed by atoms with E-state index < -0.39 is 0 Å². The van der Waals surface area contributed by atoms with Crippen LogP contribution in [-0.4, -0.2) is 14.7 Å². The number of hydrogen-bond donors (Lipinski definition) is 1. The third-order valence-corrected chi connectivity index (χ3v) is 7.08. The molecule has 2 aromatic heterocycles. The summed E-state index contributed by atoms with van der Waals surface area (Å²) in [6, 6.07) is 22.4. The van der Waals surface area contributed by atoms with Gasteiger partial charge in [-0.15, -0.1) is 0 Å². The lowest BCUT2D eigenvalue weighted by atomic mass is 9.96. The van der Waals surface area contributed by atoms with Gasteiger partial charge in [-0.25, -0.2) is 4.39 Å². The van der Waals surface area contributed by atoms with Gasteiger partial charge in [0.05, 0.1) is 29.2 Å². The van der Waals surface area contributed by atoms with Crippen LogP contribution in [0.1, 0.15) is 34.7 Å². The molecule has 4 nitrogen and oxygen atoms in total. The summed E-state index contributed by atoms with van der Waals surface area (Å²) >= 11 is 9.43. The molecular formula is C26H22BrFN4S. The molecular weight excluding hydrogens is 499 g/mol. The highest BCUT2D eigenvalue weighted by atomic mass is 79.9. The van der Waals surface area contributed by atoms with Gasteiger partial charge in [-0.3, -0.25) is 4.98 Å². The van der Waals surface area contributed by atoms with Gasteiger partial charge in [-0.1, -0.05) is 30.3 Å². The summed E-state index contributed by atoms with van der Waals surface area (Å²) in [5.41, 5.74) is 5.57. The summed E-state index contributed by atoms with van der Waals surface area (Å²) in [7, 11) is 0. The van der Waals surface area contributed by atoms with Crippen LogP contribution >= 0.6 is 28.1 Å². The van der Waals surface area contributed by atoms with Gasteiger partial charge < -0.3 is 14.8 Å².